The molecule has 101 heavy (non-hydrogen) atoms. The van der Waals surface area contributed by atoms with Crippen molar-refractivity contribution in [3.63, 3.8) is 0 Å². The molecule has 3 N–H and O–H groups in total. The predicted molar refractivity (Wildman–Crippen MR) is 398 cm³/mol. The summed E-state index contributed by atoms with van der Waals surface area (Å²) in [6, 6.07) is 34.4. The van der Waals surface area contributed by atoms with Crippen LogP contribution < -0.4 is 48.4 Å². The minimum Gasteiger partial charge on any atom is -0.497 e. The van der Waals surface area contributed by atoms with Gasteiger partial charge in [-0.2, -0.15) is 15.3 Å². The molecule has 12 rings (SSSR count). The number of carbonyl (C=O) groups excluding carboxylic acids is 1. The van der Waals surface area contributed by atoms with Gasteiger partial charge >= 0.3 is 0 Å². The molecule has 0 fully saturated rings. The summed E-state index contributed by atoms with van der Waals surface area (Å²) in [6.45, 7) is 5.40. The zero-order chi connectivity index (χ0) is 69.4. The van der Waals surface area contributed by atoms with E-state index in [4.69, 9.17) is 48.1 Å². The second kappa shape index (κ2) is 36.0. The number of aliphatic hydroxyl groups is 2. The van der Waals surface area contributed by atoms with E-state index >= 15 is 0 Å². The molecule has 6 aromatic heterocycles. The summed E-state index contributed by atoms with van der Waals surface area (Å²) in [6.07, 6.45) is 15.6. The summed E-state index contributed by atoms with van der Waals surface area (Å²) in [5, 5.41) is 36.5. The van der Waals surface area contributed by atoms with Crippen molar-refractivity contribution < 1.29 is 48.2 Å². The highest BCUT2D eigenvalue weighted by molar-refractivity contribution is 5.90. The normalized spacial score (nSPS) is 11.0. The Kier molecular flexibility index (Phi) is 27.4. The number of aryl methyl sites for hydroxylation is 3. The Morgan fingerprint density at radius 3 is 1.25 bits per heavy atom. The first-order valence-electron chi connectivity index (χ1n) is 31.3. The van der Waals surface area contributed by atoms with Gasteiger partial charge in [0.15, 0.2) is 5.78 Å². The number of methoxy groups -OCH3 is 7. The van der Waals surface area contributed by atoms with Gasteiger partial charge in [0.1, 0.15) is 41.1 Å². The Labute approximate surface area is 589 Å². The molecular weight excluding hydrogens is 1280 g/mol. The summed E-state index contributed by atoms with van der Waals surface area (Å²) in [5.41, 5.74) is 14.3. The zero-order valence-electron chi connectivity index (χ0n) is 56.9. The third-order valence-electron chi connectivity index (χ3n) is 15.6. The van der Waals surface area contributed by atoms with Gasteiger partial charge in [0, 0.05) is 154 Å². The molecule has 532 valence electrons. The fraction of sp³-hybridized carbons (Fsp3) is 0.307. The van der Waals surface area contributed by atoms with E-state index in [1.165, 1.54) is 7.11 Å². The van der Waals surface area contributed by atoms with Gasteiger partial charge in [-0.05, 0) is 66.7 Å². The summed E-state index contributed by atoms with van der Waals surface area (Å²) in [7, 11) is 16.7. The molecule has 0 aliphatic rings. The van der Waals surface area contributed by atoms with Crippen molar-refractivity contribution in [2.24, 2.45) is 21.1 Å². The number of anilines is 6. The number of carbonyl (C=O) groups is 1. The number of aliphatic hydroxyl groups excluding tert-OH is 2. The first-order valence-corrected chi connectivity index (χ1v) is 31.3. The van der Waals surface area contributed by atoms with Crippen LogP contribution in [-0.2, 0) is 30.7 Å². The highest BCUT2D eigenvalue weighted by Gasteiger charge is 2.22. The van der Waals surface area contributed by atoms with E-state index in [0.717, 1.165) is 95.5 Å². The van der Waals surface area contributed by atoms with E-state index in [1.807, 2.05) is 158 Å². The number of rotatable bonds is 26. The molecule has 0 spiro atoms. The lowest BCUT2D eigenvalue weighted by molar-refractivity contribution is -0.121. The van der Waals surface area contributed by atoms with Crippen molar-refractivity contribution in [2.75, 3.05) is 104 Å². The van der Waals surface area contributed by atoms with Crippen molar-refractivity contribution in [3.8, 4) is 68.3 Å². The fourth-order valence-electron chi connectivity index (χ4n) is 10.7. The van der Waals surface area contributed by atoms with E-state index in [1.54, 1.807) is 100.0 Å². The number of nitrogens with zero attached hydrogens (tertiary/aromatic N) is 15. The maximum Gasteiger partial charge on any atom is 0.178 e. The Bertz CT molecular complexity index is 4630. The van der Waals surface area contributed by atoms with Crippen LogP contribution in [0.1, 0.15) is 36.1 Å². The largest absolute Gasteiger partial charge is 0.497 e. The highest BCUT2D eigenvalue weighted by Crippen LogP contribution is 2.39. The number of benzene rings is 6. The lowest BCUT2D eigenvalue weighted by Crippen LogP contribution is -2.38. The summed E-state index contributed by atoms with van der Waals surface area (Å²) >= 11 is 0. The molecular formula is C75H92N16O10. The van der Waals surface area contributed by atoms with Gasteiger partial charge in [-0.3, -0.25) is 33.8 Å². The van der Waals surface area contributed by atoms with Gasteiger partial charge < -0.3 is 63.4 Å². The number of Topliss-reactive ketones (excluding diaryl/α,β-unsaturated/α-hetero) is 1. The smallest absolute Gasteiger partial charge is 0.178 e. The van der Waals surface area contributed by atoms with Crippen molar-refractivity contribution >= 4 is 73.0 Å². The standard InChI is InChI=1S/C26H32N6O3.C24H25N5O4.C22H23N5O3.3CH4/c1-17(2)27-13-21(33)16-32(20-8-22(34-4)11-23(9-20)35-5)19-6-7-24-25(10-19)30-26(14-28-24)18-12-29-31(3)15-18;1-28-13-16(11-26-28)24-12-25-22-6-5-17(9-23(22)27-24)29(14-19(30)15-31-2)18-7-20(32-3)10-21(8-18)33-4;1-26-14-15(12-24-26)20-13-23-18-6-4-16(10-19(18)25-20)27(8-9-28)21-11-17(29-2)5-7-22(21)30-3;;;/h6-12,14-15,17,21,27,33H,13,16H2,1-5H3;5-13H,14-15H2,1-4H3;4-7,10-14,28H,8-9H2,1-3H3;3*1H4. The summed E-state index contributed by atoms with van der Waals surface area (Å²) in [4.78, 5) is 46.5. The average Bonchev–Trinajstić information content (AvgIpc) is 0.828. The van der Waals surface area contributed by atoms with Crippen LogP contribution in [0.4, 0.5) is 34.1 Å². The van der Waals surface area contributed by atoms with Crippen LogP contribution in [0.15, 0.2) is 165 Å². The fourth-order valence-corrected chi connectivity index (χ4v) is 10.7. The predicted octanol–water partition coefficient (Wildman–Crippen LogP) is 12.0. The zero-order valence-corrected chi connectivity index (χ0v) is 56.9. The number of hydrogen-bond acceptors (Lipinski definition) is 23. The topological polar surface area (TPSA) is 275 Å². The number of ether oxygens (including phenoxy) is 7. The molecule has 6 heterocycles. The molecule has 6 aromatic carbocycles. The SMILES string of the molecule is C.C.C.COCC(=O)CN(c1cc(OC)cc(OC)c1)c1ccc2ncc(-c3cnn(C)c3)nc2c1.COc1cc(OC)cc(N(CC(O)CNC(C)C)c2ccc3ncc(-c4cnn(C)c4)nc3c2)c1.COc1ccc(OC)c(N(CCO)c2ccc3ncc(-c4cnn(C)c4)nc3c2)c1. The second-order valence-corrected chi connectivity index (χ2v) is 22.9. The lowest BCUT2D eigenvalue weighted by Gasteiger charge is -2.29. The van der Waals surface area contributed by atoms with Crippen molar-refractivity contribution in [2.45, 2.75) is 48.3 Å². The number of ketones is 1. The molecule has 26 heteroatoms. The van der Waals surface area contributed by atoms with Crippen LogP contribution in [0.3, 0.4) is 0 Å². The van der Waals surface area contributed by atoms with E-state index in [9.17, 15) is 15.0 Å². The number of fused-ring (bicyclic) bond motifs is 3. The van der Waals surface area contributed by atoms with Crippen LogP contribution in [0.2, 0.25) is 0 Å². The van der Waals surface area contributed by atoms with Crippen LogP contribution in [0.25, 0.3) is 66.9 Å². The summed E-state index contributed by atoms with van der Waals surface area (Å²) < 4.78 is 43.0. The first kappa shape index (κ1) is 77.0. The molecule has 0 bridgehead atoms. The third kappa shape index (κ3) is 19.3. The Balaban J connectivity index is 0.000000210. The van der Waals surface area contributed by atoms with Crippen molar-refractivity contribution in [1.29, 1.82) is 0 Å². The van der Waals surface area contributed by atoms with Gasteiger partial charge in [0.2, 0.25) is 0 Å². The Morgan fingerprint density at radius 1 is 0.475 bits per heavy atom. The maximum absolute atomic E-state index is 12.5. The number of aromatic nitrogens is 12. The molecule has 1 atom stereocenters. The molecule has 0 saturated carbocycles. The van der Waals surface area contributed by atoms with Crippen LogP contribution >= 0.6 is 0 Å². The second-order valence-electron chi connectivity index (χ2n) is 22.9. The minimum absolute atomic E-state index is 0. The molecule has 0 saturated heterocycles. The monoisotopic (exact) mass is 1380 g/mol. The number of hydrogen-bond donors (Lipinski definition) is 3. The number of nitrogens with one attached hydrogen (secondary N) is 1. The maximum atomic E-state index is 12.5. The molecule has 0 amide bonds. The molecule has 1 unspecified atom stereocenters. The third-order valence-corrected chi connectivity index (χ3v) is 15.6. The highest BCUT2D eigenvalue weighted by atomic mass is 16.5. The van der Waals surface area contributed by atoms with E-state index in [2.05, 4.69) is 49.4 Å². The lowest BCUT2D eigenvalue weighted by atomic mass is 10.1. The summed E-state index contributed by atoms with van der Waals surface area (Å²) in [5.74, 6) is 3.88. The van der Waals surface area contributed by atoms with E-state index in [-0.39, 0.29) is 53.9 Å². The average molecular weight is 1380 g/mol. The molecule has 0 radical (unpaired) electrons. The van der Waals surface area contributed by atoms with Crippen molar-refractivity contribution in [3.05, 3.63) is 165 Å². The molecule has 12 aromatic rings. The van der Waals surface area contributed by atoms with Gasteiger partial charge in [-0.25, -0.2) is 15.0 Å². The molecule has 26 nitrogen and oxygen atoms in total. The first-order chi connectivity index (χ1) is 47.5. The molecule has 0 aliphatic heterocycles. The van der Waals surface area contributed by atoms with Gasteiger partial charge in [-0.15, -0.1) is 0 Å². The van der Waals surface area contributed by atoms with Crippen LogP contribution in [-0.4, -0.2) is 177 Å². The van der Waals surface area contributed by atoms with Crippen LogP contribution in [0.5, 0.6) is 34.5 Å². The van der Waals surface area contributed by atoms with Crippen molar-refractivity contribution in [1.82, 2.24) is 64.6 Å². The Hall–Kier alpha value is -11.3. The quantitative estimate of drug-likeness (QED) is 0.0454. The van der Waals surface area contributed by atoms with Gasteiger partial charge in [-0.1, -0.05) is 36.1 Å². The minimum atomic E-state index is -0.613. The van der Waals surface area contributed by atoms with Gasteiger partial charge in [0.25, 0.3) is 0 Å². The Morgan fingerprint density at radius 2 is 0.881 bits per heavy atom. The van der Waals surface area contributed by atoms with Crippen LogP contribution in [0, 0.1) is 0 Å². The molecule has 0 aliphatic carbocycles. The van der Waals surface area contributed by atoms with E-state index in [0.29, 0.717) is 59.6 Å². The van der Waals surface area contributed by atoms with Gasteiger partial charge in [0.05, 0.1) is 162 Å². The van der Waals surface area contributed by atoms with E-state index < -0.39 is 6.10 Å².